The molecule has 0 heterocycles. The lowest BCUT2D eigenvalue weighted by Crippen LogP contribution is -2.47. The van der Waals surface area contributed by atoms with Crippen LogP contribution >= 0.6 is 11.8 Å². The van der Waals surface area contributed by atoms with E-state index in [1.807, 2.05) is 20.8 Å². The summed E-state index contributed by atoms with van der Waals surface area (Å²) in [6.45, 7) is 5.84. The minimum atomic E-state index is -0.611. The van der Waals surface area contributed by atoms with Crippen LogP contribution < -0.4 is 5.32 Å². The van der Waals surface area contributed by atoms with Gasteiger partial charge in [-0.15, -0.1) is 11.8 Å². The number of non-ortho nitro benzene ring substituents is 1. The Morgan fingerprint density at radius 3 is 2.47 bits per heavy atom. The number of nitro groups is 1. The van der Waals surface area contributed by atoms with E-state index >= 15 is 0 Å². The van der Waals surface area contributed by atoms with Crippen LogP contribution in [0.3, 0.4) is 0 Å². The van der Waals surface area contributed by atoms with E-state index in [9.17, 15) is 15.4 Å². The molecular formula is C13H17N3O2S. The number of thioether (sulfide) groups is 1. The molecule has 1 N–H and O–H groups in total. The number of benzene rings is 1. The van der Waals surface area contributed by atoms with Crippen molar-refractivity contribution in [3.05, 3.63) is 34.4 Å². The topological polar surface area (TPSA) is 79.0 Å². The van der Waals surface area contributed by atoms with E-state index in [1.54, 1.807) is 12.1 Å². The molecule has 102 valence electrons. The first-order chi connectivity index (χ1) is 8.86. The highest BCUT2D eigenvalue weighted by atomic mass is 32.2. The molecule has 0 aromatic heterocycles. The summed E-state index contributed by atoms with van der Waals surface area (Å²) in [5.74, 6) is 0.583. The van der Waals surface area contributed by atoms with E-state index in [2.05, 4.69) is 11.4 Å². The molecule has 6 heteroatoms. The number of nitriles is 1. The molecule has 1 aromatic rings. The molecule has 1 atom stereocenters. The highest BCUT2D eigenvalue weighted by Gasteiger charge is 2.24. The third-order valence-corrected chi connectivity index (χ3v) is 3.76. The number of hydrogen-bond acceptors (Lipinski definition) is 5. The van der Waals surface area contributed by atoms with E-state index < -0.39 is 10.5 Å². The molecule has 0 aliphatic rings. The van der Waals surface area contributed by atoms with Gasteiger partial charge in [-0.3, -0.25) is 15.4 Å². The van der Waals surface area contributed by atoms with Crippen LogP contribution in [0, 0.1) is 21.4 Å². The van der Waals surface area contributed by atoms with Crippen LogP contribution in [0.25, 0.3) is 0 Å². The molecule has 0 aliphatic carbocycles. The van der Waals surface area contributed by atoms with Crippen molar-refractivity contribution in [2.75, 3.05) is 5.75 Å². The summed E-state index contributed by atoms with van der Waals surface area (Å²) in [6.07, 6.45) is 0. The van der Waals surface area contributed by atoms with Crippen molar-refractivity contribution in [3.63, 3.8) is 0 Å². The van der Waals surface area contributed by atoms with Crippen LogP contribution in [-0.2, 0) is 0 Å². The van der Waals surface area contributed by atoms with Crippen LogP contribution in [0.15, 0.2) is 29.2 Å². The molecule has 1 aromatic carbocycles. The fourth-order valence-corrected chi connectivity index (χ4v) is 2.57. The van der Waals surface area contributed by atoms with Gasteiger partial charge >= 0.3 is 0 Å². The van der Waals surface area contributed by atoms with Crippen molar-refractivity contribution in [1.29, 1.82) is 5.26 Å². The van der Waals surface area contributed by atoms with Crippen molar-refractivity contribution in [2.24, 2.45) is 0 Å². The average Bonchev–Trinajstić information content (AvgIpc) is 2.36. The van der Waals surface area contributed by atoms with Gasteiger partial charge in [0.15, 0.2) is 0 Å². The van der Waals surface area contributed by atoms with Gasteiger partial charge in [0.1, 0.15) is 5.54 Å². The average molecular weight is 279 g/mol. The van der Waals surface area contributed by atoms with E-state index in [0.717, 1.165) is 4.90 Å². The van der Waals surface area contributed by atoms with Crippen LogP contribution in [-0.4, -0.2) is 22.3 Å². The van der Waals surface area contributed by atoms with Crippen LogP contribution in [0.1, 0.15) is 20.8 Å². The zero-order chi connectivity index (χ0) is 14.5. The molecule has 0 radical (unpaired) electrons. The summed E-state index contributed by atoms with van der Waals surface area (Å²) in [5.41, 5.74) is -0.534. The molecule has 1 unspecified atom stereocenters. The minimum absolute atomic E-state index is 0.0766. The first kappa shape index (κ1) is 15.5. The monoisotopic (exact) mass is 279 g/mol. The fraction of sp³-hybridized carbons (Fsp3) is 0.462. The van der Waals surface area contributed by atoms with Gasteiger partial charge in [0.25, 0.3) is 5.69 Å². The van der Waals surface area contributed by atoms with Crippen molar-refractivity contribution >= 4 is 17.4 Å². The maximum absolute atomic E-state index is 10.5. The highest BCUT2D eigenvalue weighted by molar-refractivity contribution is 7.99. The van der Waals surface area contributed by atoms with Crippen molar-refractivity contribution in [1.82, 2.24) is 5.32 Å². The fourth-order valence-electron chi connectivity index (χ4n) is 1.64. The SMILES string of the molecule is CC(C)NC(C)(C#N)CSc1ccc([N+](=O)[O-])cc1. The Morgan fingerprint density at radius 2 is 2.05 bits per heavy atom. The molecule has 0 aliphatic heterocycles. The summed E-state index contributed by atoms with van der Waals surface area (Å²) >= 11 is 1.51. The normalized spacial score (nSPS) is 13.8. The van der Waals surface area contributed by atoms with E-state index in [4.69, 9.17) is 0 Å². The number of nitro benzene ring substituents is 1. The van der Waals surface area contributed by atoms with Crippen molar-refractivity contribution in [3.8, 4) is 6.07 Å². The molecule has 0 saturated heterocycles. The third-order valence-electron chi connectivity index (χ3n) is 2.43. The maximum Gasteiger partial charge on any atom is 0.269 e. The van der Waals surface area contributed by atoms with Gasteiger partial charge < -0.3 is 0 Å². The Labute approximate surface area is 117 Å². The molecule has 0 fully saturated rings. The van der Waals surface area contributed by atoms with Gasteiger partial charge in [-0.25, -0.2) is 0 Å². The van der Waals surface area contributed by atoms with Gasteiger partial charge in [-0.2, -0.15) is 5.26 Å². The molecule has 19 heavy (non-hydrogen) atoms. The van der Waals surface area contributed by atoms with Gasteiger partial charge in [-0.1, -0.05) is 0 Å². The second-order valence-corrected chi connectivity index (χ2v) is 5.83. The Morgan fingerprint density at radius 1 is 1.47 bits per heavy atom. The smallest absolute Gasteiger partial charge is 0.269 e. The molecule has 0 amide bonds. The van der Waals surface area contributed by atoms with Crippen LogP contribution in [0.5, 0.6) is 0 Å². The first-order valence-electron chi connectivity index (χ1n) is 5.92. The Balaban J connectivity index is 2.65. The third kappa shape index (κ3) is 4.89. The summed E-state index contributed by atoms with van der Waals surface area (Å²) in [5, 5.41) is 23.0. The van der Waals surface area contributed by atoms with E-state index in [1.165, 1.54) is 23.9 Å². The number of hydrogen-bond donors (Lipinski definition) is 1. The maximum atomic E-state index is 10.5. The minimum Gasteiger partial charge on any atom is -0.297 e. The Hall–Kier alpha value is -1.58. The zero-order valence-corrected chi connectivity index (χ0v) is 12.0. The molecule has 0 spiro atoms. The standard InChI is InChI=1S/C13H17N3O2S/c1-10(2)15-13(3,8-14)9-19-12-6-4-11(5-7-12)16(17)18/h4-7,10,15H,9H2,1-3H3. The van der Waals surface area contributed by atoms with Gasteiger partial charge in [0, 0.05) is 28.8 Å². The van der Waals surface area contributed by atoms with Gasteiger partial charge in [-0.05, 0) is 32.9 Å². The lowest BCUT2D eigenvalue weighted by Gasteiger charge is -2.25. The number of nitrogens with zero attached hydrogens (tertiary/aromatic N) is 2. The first-order valence-corrected chi connectivity index (χ1v) is 6.91. The Bertz CT molecular complexity index is 482. The van der Waals surface area contributed by atoms with Gasteiger partial charge in [0.2, 0.25) is 0 Å². The second-order valence-electron chi connectivity index (χ2n) is 4.78. The Kier molecular flexibility index (Phi) is 5.33. The van der Waals surface area contributed by atoms with Crippen molar-refractivity contribution in [2.45, 2.75) is 37.2 Å². The zero-order valence-electron chi connectivity index (χ0n) is 11.2. The highest BCUT2D eigenvalue weighted by Crippen LogP contribution is 2.24. The molecule has 1 rings (SSSR count). The summed E-state index contributed by atoms with van der Waals surface area (Å²) < 4.78 is 0. The summed E-state index contributed by atoms with van der Waals surface area (Å²) in [4.78, 5) is 11.0. The van der Waals surface area contributed by atoms with E-state index in [-0.39, 0.29) is 11.7 Å². The van der Waals surface area contributed by atoms with Gasteiger partial charge in [0.05, 0.1) is 11.0 Å². The molecule has 0 bridgehead atoms. The predicted octanol–water partition coefficient (Wildman–Crippen LogP) is 2.97. The number of rotatable bonds is 6. The lowest BCUT2D eigenvalue weighted by molar-refractivity contribution is -0.384. The number of nitrogens with one attached hydrogen (secondary N) is 1. The van der Waals surface area contributed by atoms with Crippen molar-refractivity contribution < 1.29 is 4.92 Å². The summed E-state index contributed by atoms with van der Waals surface area (Å²) in [6, 6.07) is 8.85. The molecule has 5 nitrogen and oxygen atoms in total. The van der Waals surface area contributed by atoms with Crippen LogP contribution in [0.4, 0.5) is 5.69 Å². The quantitative estimate of drug-likeness (QED) is 0.492. The molecule has 0 saturated carbocycles. The van der Waals surface area contributed by atoms with E-state index in [0.29, 0.717) is 5.75 Å². The second kappa shape index (κ2) is 6.55. The summed E-state index contributed by atoms with van der Waals surface area (Å²) in [7, 11) is 0. The predicted molar refractivity (Wildman–Crippen MR) is 76.1 cm³/mol. The largest absolute Gasteiger partial charge is 0.297 e. The molecular weight excluding hydrogens is 262 g/mol. The lowest BCUT2D eigenvalue weighted by atomic mass is 10.1. The van der Waals surface area contributed by atoms with Crippen LogP contribution in [0.2, 0.25) is 0 Å².